The van der Waals surface area contributed by atoms with E-state index >= 15 is 0 Å². The molecule has 1 atom stereocenters. The largest absolute Gasteiger partial charge is 0.493 e. The molecule has 2 aliphatic rings. The van der Waals surface area contributed by atoms with Gasteiger partial charge in [-0.3, -0.25) is 0 Å². The van der Waals surface area contributed by atoms with E-state index in [1.54, 1.807) is 7.11 Å². The van der Waals surface area contributed by atoms with Gasteiger partial charge in [-0.05, 0) is 37.4 Å². The summed E-state index contributed by atoms with van der Waals surface area (Å²) in [5.74, 6) is 1.66. The van der Waals surface area contributed by atoms with E-state index in [-0.39, 0.29) is 0 Å². The van der Waals surface area contributed by atoms with Crippen LogP contribution in [0.25, 0.3) is 0 Å². The maximum atomic E-state index is 6.50. The standard InChI is InChI=1S/C14H18ClNO2/c1-17-12-8-9(7-10-3-2-5-16-10)13(15)11-4-6-18-14(11)12/h8,10,16H,2-7H2,1H3. The van der Waals surface area contributed by atoms with Crippen LogP contribution in [0.5, 0.6) is 11.5 Å². The van der Waals surface area contributed by atoms with Crippen LogP contribution < -0.4 is 14.8 Å². The van der Waals surface area contributed by atoms with Crippen molar-refractivity contribution in [3.05, 3.63) is 22.2 Å². The topological polar surface area (TPSA) is 30.5 Å². The van der Waals surface area contributed by atoms with Crippen LogP contribution in [0.4, 0.5) is 0 Å². The van der Waals surface area contributed by atoms with Gasteiger partial charge in [-0.25, -0.2) is 0 Å². The smallest absolute Gasteiger partial charge is 0.165 e. The summed E-state index contributed by atoms with van der Waals surface area (Å²) >= 11 is 6.50. The fourth-order valence-corrected chi connectivity index (χ4v) is 3.17. The van der Waals surface area contributed by atoms with Crippen molar-refractivity contribution in [3.63, 3.8) is 0 Å². The Hall–Kier alpha value is -0.930. The number of rotatable bonds is 3. The van der Waals surface area contributed by atoms with Gasteiger partial charge in [0, 0.05) is 18.0 Å². The van der Waals surface area contributed by atoms with Crippen molar-refractivity contribution in [1.29, 1.82) is 0 Å². The Morgan fingerprint density at radius 1 is 1.56 bits per heavy atom. The zero-order chi connectivity index (χ0) is 12.5. The lowest BCUT2D eigenvalue weighted by Gasteiger charge is -2.15. The fourth-order valence-electron chi connectivity index (χ4n) is 2.86. The zero-order valence-corrected chi connectivity index (χ0v) is 11.3. The molecule has 2 heterocycles. The average molecular weight is 268 g/mol. The quantitative estimate of drug-likeness (QED) is 0.913. The monoisotopic (exact) mass is 267 g/mol. The second-order valence-electron chi connectivity index (χ2n) is 4.96. The third-order valence-corrected chi connectivity index (χ3v) is 4.27. The normalized spacial score (nSPS) is 21.8. The van der Waals surface area contributed by atoms with Crippen molar-refractivity contribution in [2.45, 2.75) is 31.7 Å². The van der Waals surface area contributed by atoms with Crippen molar-refractivity contribution < 1.29 is 9.47 Å². The SMILES string of the molecule is COc1cc(CC2CCCN2)c(Cl)c2c1OCC2. The maximum Gasteiger partial charge on any atom is 0.165 e. The Labute approximate surface area is 112 Å². The fraction of sp³-hybridized carbons (Fsp3) is 0.571. The lowest BCUT2D eigenvalue weighted by molar-refractivity contribution is 0.326. The zero-order valence-electron chi connectivity index (χ0n) is 10.6. The molecule has 0 bridgehead atoms. The second-order valence-corrected chi connectivity index (χ2v) is 5.33. The summed E-state index contributed by atoms with van der Waals surface area (Å²) in [6.07, 6.45) is 4.35. The molecule has 0 spiro atoms. The van der Waals surface area contributed by atoms with Crippen LogP contribution in [-0.4, -0.2) is 26.3 Å². The third-order valence-electron chi connectivity index (χ3n) is 3.80. The minimum atomic E-state index is 0.549. The Bertz CT molecular complexity index is 456. The first-order valence-electron chi connectivity index (χ1n) is 6.54. The molecular weight excluding hydrogens is 250 g/mol. The van der Waals surface area contributed by atoms with E-state index in [0.717, 1.165) is 41.5 Å². The summed E-state index contributed by atoms with van der Waals surface area (Å²) in [5, 5.41) is 4.38. The molecule has 18 heavy (non-hydrogen) atoms. The molecule has 1 fully saturated rings. The molecule has 0 saturated carbocycles. The van der Waals surface area contributed by atoms with Gasteiger partial charge in [0.1, 0.15) is 0 Å². The number of methoxy groups -OCH3 is 1. The van der Waals surface area contributed by atoms with Gasteiger partial charge in [0.15, 0.2) is 11.5 Å². The van der Waals surface area contributed by atoms with E-state index in [1.807, 2.05) is 6.07 Å². The Kier molecular flexibility index (Phi) is 3.35. The minimum absolute atomic E-state index is 0.549. The summed E-state index contributed by atoms with van der Waals surface area (Å²) in [6.45, 7) is 1.82. The first kappa shape index (κ1) is 12.1. The predicted molar refractivity (Wildman–Crippen MR) is 71.9 cm³/mol. The Morgan fingerprint density at radius 2 is 2.44 bits per heavy atom. The van der Waals surface area contributed by atoms with E-state index < -0.39 is 0 Å². The first-order valence-corrected chi connectivity index (χ1v) is 6.92. The lowest BCUT2D eigenvalue weighted by atomic mass is 10.0. The summed E-state index contributed by atoms with van der Waals surface area (Å²) < 4.78 is 11.0. The van der Waals surface area contributed by atoms with Crippen LogP contribution in [0.15, 0.2) is 6.07 Å². The Morgan fingerprint density at radius 3 is 3.17 bits per heavy atom. The maximum absolute atomic E-state index is 6.50. The van der Waals surface area contributed by atoms with E-state index in [1.165, 1.54) is 18.4 Å². The molecule has 0 aromatic heterocycles. The highest BCUT2D eigenvalue weighted by Gasteiger charge is 2.25. The highest BCUT2D eigenvalue weighted by atomic mass is 35.5. The molecule has 1 aromatic rings. The first-order chi connectivity index (χ1) is 8.79. The van der Waals surface area contributed by atoms with Gasteiger partial charge in [-0.15, -0.1) is 0 Å². The van der Waals surface area contributed by atoms with Crippen LogP contribution in [0.2, 0.25) is 5.02 Å². The van der Waals surface area contributed by atoms with Gasteiger partial charge in [-0.2, -0.15) is 0 Å². The molecule has 1 saturated heterocycles. The number of ether oxygens (including phenoxy) is 2. The average Bonchev–Trinajstić information content (AvgIpc) is 3.03. The van der Waals surface area contributed by atoms with E-state index in [2.05, 4.69) is 5.32 Å². The van der Waals surface area contributed by atoms with Crippen molar-refractivity contribution in [3.8, 4) is 11.5 Å². The van der Waals surface area contributed by atoms with Crippen molar-refractivity contribution in [2.75, 3.05) is 20.3 Å². The Balaban J connectivity index is 1.93. The highest BCUT2D eigenvalue weighted by molar-refractivity contribution is 6.32. The molecule has 98 valence electrons. The third kappa shape index (κ3) is 2.06. The molecule has 1 unspecified atom stereocenters. The van der Waals surface area contributed by atoms with E-state index in [9.17, 15) is 0 Å². The second kappa shape index (κ2) is 4.98. The van der Waals surface area contributed by atoms with Crippen molar-refractivity contribution >= 4 is 11.6 Å². The van der Waals surface area contributed by atoms with Crippen LogP contribution in [0.3, 0.4) is 0 Å². The summed E-state index contributed by atoms with van der Waals surface area (Å²) in [6, 6.07) is 2.58. The minimum Gasteiger partial charge on any atom is -0.493 e. The molecule has 1 N–H and O–H groups in total. The van der Waals surface area contributed by atoms with Crippen LogP contribution >= 0.6 is 11.6 Å². The number of fused-ring (bicyclic) bond motifs is 1. The number of nitrogens with one attached hydrogen (secondary N) is 1. The number of benzene rings is 1. The van der Waals surface area contributed by atoms with Gasteiger partial charge in [0.05, 0.1) is 18.7 Å². The number of hydrogen-bond donors (Lipinski definition) is 1. The van der Waals surface area contributed by atoms with Gasteiger partial charge < -0.3 is 14.8 Å². The summed E-state index contributed by atoms with van der Waals surface area (Å²) in [4.78, 5) is 0. The molecule has 0 aliphatic carbocycles. The van der Waals surface area contributed by atoms with Crippen LogP contribution in [0, 0.1) is 0 Å². The molecule has 0 amide bonds. The van der Waals surface area contributed by atoms with Crippen molar-refractivity contribution in [2.24, 2.45) is 0 Å². The van der Waals surface area contributed by atoms with Gasteiger partial charge in [0.2, 0.25) is 0 Å². The van der Waals surface area contributed by atoms with Crippen molar-refractivity contribution in [1.82, 2.24) is 5.32 Å². The summed E-state index contributed by atoms with van der Waals surface area (Å²) in [7, 11) is 1.68. The van der Waals surface area contributed by atoms with Crippen LogP contribution in [0.1, 0.15) is 24.0 Å². The van der Waals surface area contributed by atoms with E-state index in [0.29, 0.717) is 12.6 Å². The molecule has 1 aromatic carbocycles. The highest BCUT2D eigenvalue weighted by Crippen LogP contribution is 2.42. The van der Waals surface area contributed by atoms with E-state index in [4.69, 9.17) is 21.1 Å². The van der Waals surface area contributed by atoms with Gasteiger partial charge >= 0.3 is 0 Å². The van der Waals surface area contributed by atoms with Gasteiger partial charge in [-0.1, -0.05) is 11.6 Å². The summed E-state index contributed by atoms with van der Waals surface area (Å²) in [5.41, 5.74) is 2.29. The molecular formula is C14H18ClNO2. The van der Waals surface area contributed by atoms with Gasteiger partial charge in [0.25, 0.3) is 0 Å². The molecule has 2 aliphatic heterocycles. The number of hydrogen-bond acceptors (Lipinski definition) is 3. The van der Waals surface area contributed by atoms with Crippen LogP contribution in [-0.2, 0) is 12.8 Å². The molecule has 0 radical (unpaired) electrons. The number of halogens is 1. The molecule has 3 rings (SSSR count). The molecule has 4 heteroatoms. The lowest BCUT2D eigenvalue weighted by Crippen LogP contribution is -2.23. The predicted octanol–water partition coefficient (Wildman–Crippen LogP) is 2.58. The molecule has 3 nitrogen and oxygen atoms in total.